The SMILES string of the molecule is Fc1ccc2c(C3CCN(CCCOc4ccc(CN5CCOCC5)cc4)CC3)noc2c1. The minimum atomic E-state index is -0.286. The van der Waals surface area contributed by atoms with Gasteiger partial charge in [0.15, 0.2) is 5.58 Å². The standard InChI is InChI=1S/C26H32FN3O3/c27-22-4-7-24-25(18-22)33-28-26(24)21-8-11-29(12-9-21)10-1-15-32-23-5-2-20(3-6-23)19-30-13-16-31-17-14-30/h2-7,18,21H,1,8-17,19H2. The molecule has 0 amide bonds. The summed E-state index contributed by atoms with van der Waals surface area (Å²) in [5, 5.41) is 5.19. The van der Waals surface area contributed by atoms with Crippen molar-refractivity contribution in [1.82, 2.24) is 15.0 Å². The van der Waals surface area contributed by atoms with Crippen LogP contribution in [0, 0.1) is 5.82 Å². The van der Waals surface area contributed by atoms with Crippen LogP contribution in [0.3, 0.4) is 0 Å². The Morgan fingerprint density at radius 1 is 0.970 bits per heavy atom. The molecule has 2 aliphatic rings. The fourth-order valence-corrected chi connectivity index (χ4v) is 4.84. The van der Waals surface area contributed by atoms with E-state index in [4.69, 9.17) is 14.0 Å². The molecule has 3 heterocycles. The second-order valence-corrected chi connectivity index (χ2v) is 9.06. The molecule has 0 bridgehead atoms. The molecule has 1 aromatic heterocycles. The van der Waals surface area contributed by atoms with E-state index in [1.165, 1.54) is 17.7 Å². The minimum absolute atomic E-state index is 0.286. The van der Waals surface area contributed by atoms with Crippen LogP contribution in [0.25, 0.3) is 11.0 Å². The summed E-state index contributed by atoms with van der Waals surface area (Å²) in [6, 6.07) is 13.2. The monoisotopic (exact) mass is 453 g/mol. The van der Waals surface area contributed by atoms with Crippen molar-refractivity contribution in [1.29, 1.82) is 0 Å². The summed E-state index contributed by atoms with van der Waals surface area (Å²) in [6.45, 7) is 8.48. The Labute approximate surface area is 194 Å². The highest BCUT2D eigenvalue weighted by molar-refractivity contribution is 5.79. The van der Waals surface area contributed by atoms with Crippen LogP contribution in [0.4, 0.5) is 4.39 Å². The van der Waals surface area contributed by atoms with Crippen LogP contribution in [-0.4, -0.2) is 67.5 Å². The quantitative estimate of drug-likeness (QED) is 0.470. The molecule has 0 spiro atoms. The summed E-state index contributed by atoms with van der Waals surface area (Å²) < 4.78 is 30.1. The van der Waals surface area contributed by atoms with Crippen LogP contribution in [0.5, 0.6) is 5.75 Å². The number of nitrogens with zero attached hydrogens (tertiary/aromatic N) is 3. The van der Waals surface area contributed by atoms with E-state index in [2.05, 4.69) is 39.2 Å². The number of hydrogen-bond donors (Lipinski definition) is 0. The molecule has 5 rings (SSSR count). The number of aromatic nitrogens is 1. The largest absolute Gasteiger partial charge is 0.494 e. The Morgan fingerprint density at radius 2 is 1.76 bits per heavy atom. The fraction of sp³-hybridized carbons (Fsp3) is 0.500. The van der Waals surface area contributed by atoms with Crippen molar-refractivity contribution in [3.05, 3.63) is 59.5 Å². The van der Waals surface area contributed by atoms with Gasteiger partial charge in [-0.2, -0.15) is 0 Å². The zero-order valence-electron chi connectivity index (χ0n) is 19.0. The van der Waals surface area contributed by atoms with Crippen LogP contribution in [0.2, 0.25) is 0 Å². The fourth-order valence-electron chi connectivity index (χ4n) is 4.84. The molecule has 0 N–H and O–H groups in total. The average molecular weight is 454 g/mol. The van der Waals surface area contributed by atoms with E-state index >= 15 is 0 Å². The lowest BCUT2D eigenvalue weighted by atomic mass is 9.91. The summed E-state index contributed by atoms with van der Waals surface area (Å²) in [7, 11) is 0. The van der Waals surface area contributed by atoms with Crippen LogP contribution < -0.4 is 4.74 Å². The smallest absolute Gasteiger partial charge is 0.170 e. The van der Waals surface area contributed by atoms with Crippen molar-refractivity contribution in [2.45, 2.75) is 31.7 Å². The molecule has 0 radical (unpaired) electrons. The molecule has 176 valence electrons. The van der Waals surface area contributed by atoms with Crippen molar-refractivity contribution in [2.24, 2.45) is 0 Å². The van der Waals surface area contributed by atoms with E-state index in [1.807, 2.05) is 0 Å². The number of likely N-dealkylation sites (tertiary alicyclic amines) is 1. The average Bonchev–Trinajstić information content (AvgIpc) is 3.27. The Kier molecular flexibility index (Phi) is 7.19. The highest BCUT2D eigenvalue weighted by Gasteiger charge is 2.25. The van der Waals surface area contributed by atoms with E-state index < -0.39 is 0 Å². The molecule has 0 atom stereocenters. The van der Waals surface area contributed by atoms with Gasteiger partial charge < -0.3 is 18.9 Å². The number of halogens is 1. The first-order chi connectivity index (χ1) is 16.2. The van der Waals surface area contributed by atoms with E-state index in [0.717, 1.165) is 95.2 Å². The third-order valence-corrected chi connectivity index (χ3v) is 6.76. The van der Waals surface area contributed by atoms with E-state index in [1.54, 1.807) is 6.07 Å². The van der Waals surface area contributed by atoms with Gasteiger partial charge in [0.05, 0.1) is 25.5 Å². The molecular weight excluding hydrogens is 421 g/mol. The van der Waals surface area contributed by atoms with E-state index in [-0.39, 0.29) is 5.82 Å². The van der Waals surface area contributed by atoms with Crippen molar-refractivity contribution >= 4 is 11.0 Å². The molecule has 2 saturated heterocycles. The molecule has 2 aromatic carbocycles. The van der Waals surface area contributed by atoms with Crippen molar-refractivity contribution in [3.8, 4) is 5.75 Å². The summed E-state index contributed by atoms with van der Waals surface area (Å²) in [5.41, 5.74) is 2.83. The maximum atomic E-state index is 13.4. The van der Waals surface area contributed by atoms with Gasteiger partial charge in [0.2, 0.25) is 0 Å². The Balaban J connectivity index is 1.01. The van der Waals surface area contributed by atoms with Gasteiger partial charge >= 0.3 is 0 Å². The number of piperidine rings is 1. The molecule has 0 saturated carbocycles. The normalized spacial score (nSPS) is 18.7. The molecule has 0 aliphatic carbocycles. The van der Waals surface area contributed by atoms with Gasteiger partial charge in [-0.15, -0.1) is 0 Å². The number of ether oxygens (including phenoxy) is 2. The zero-order chi connectivity index (χ0) is 22.5. The molecular formula is C26H32FN3O3. The second-order valence-electron chi connectivity index (χ2n) is 9.06. The first-order valence-corrected chi connectivity index (χ1v) is 12.0. The maximum Gasteiger partial charge on any atom is 0.170 e. The molecule has 7 heteroatoms. The van der Waals surface area contributed by atoms with Gasteiger partial charge in [-0.25, -0.2) is 4.39 Å². The summed E-state index contributed by atoms with van der Waals surface area (Å²) in [5.74, 6) is 1.03. The summed E-state index contributed by atoms with van der Waals surface area (Å²) in [4.78, 5) is 4.92. The van der Waals surface area contributed by atoms with Crippen LogP contribution in [0.15, 0.2) is 47.0 Å². The number of benzene rings is 2. The van der Waals surface area contributed by atoms with Gasteiger partial charge in [-0.3, -0.25) is 4.90 Å². The highest BCUT2D eigenvalue weighted by atomic mass is 19.1. The van der Waals surface area contributed by atoms with Gasteiger partial charge in [-0.05, 0) is 62.2 Å². The molecule has 3 aromatic rings. The number of fused-ring (bicyclic) bond motifs is 1. The minimum Gasteiger partial charge on any atom is -0.494 e. The molecule has 6 nitrogen and oxygen atoms in total. The Hall–Kier alpha value is -2.48. The van der Waals surface area contributed by atoms with Gasteiger partial charge in [0, 0.05) is 43.5 Å². The second kappa shape index (κ2) is 10.6. The van der Waals surface area contributed by atoms with Crippen LogP contribution >= 0.6 is 0 Å². The molecule has 33 heavy (non-hydrogen) atoms. The summed E-state index contributed by atoms with van der Waals surface area (Å²) >= 11 is 0. The predicted octanol–water partition coefficient (Wildman–Crippen LogP) is 4.45. The highest BCUT2D eigenvalue weighted by Crippen LogP contribution is 2.32. The lowest BCUT2D eigenvalue weighted by molar-refractivity contribution is 0.0342. The number of morpholine rings is 1. The van der Waals surface area contributed by atoms with Crippen LogP contribution in [0.1, 0.15) is 36.4 Å². The van der Waals surface area contributed by atoms with Gasteiger partial charge in [-0.1, -0.05) is 17.3 Å². The first kappa shape index (κ1) is 22.3. The van der Waals surface area contributed by atoms with Gasteiger partial charge in [0.1, 0.15) is 11.6 Å². The maximum absolute atomic E-state index is 13.4. The van der Waals surface area contributed by atoms with Crippen molar-refractivity contribution in [3.63, 3.8) is 0 Å². The van der Waals surface area contributed by atoms with Crippen molar-refractivity contribution in [2.75, 3.05) is 52.5 Å². The third kappa shape index (κ3) is 5.72. The zero-order valence-corrected chi connectivity index (χ0v) is 19.0. The Morgan fingerprint density at radius 3 is 2.55 bits per heavy atom. The lowest BCUT2D eigenvalue weighted by Gasteiger charge is -2.31. The van der Waals surface area contributed by atoms with Gasteiger partial charge in [0.25, 0.3) is 0 Å². The third-order valence-electron chi connectivity index (χ3n) is 6.76. The summed E-state index contributed by atoms with van der Waals surface area (Å²) in [6.07, 6.45) is 3.10. The molecule has 0 unspecified atom stereocenters. The van der Waals surface area contributed by atoms with E-state index in [0.29, 0.717) is 11.5 Å². The molecule has 2 fully saturated rings. The predicted molar refractivity (Wildman–Crippen MR) is 125 cm³/mol. The molecule has 2 aliphatic heterocycles. The van der Waals surface area contributed by atoms with E-state index in [9.17, 15) is 4.39 Å². The lowest BCUT2D eigenvalue weighted by Crippen LogP contribution is -2.35. The first-order valence-electron chi connectivity index (χ1n) is 12.0. The topological polar surface area (TPSA) is 51.0 Å². The number of rotatable bonds is 8. The number of hydrogen-bond acceptors (Lipinski definition) is 6. The Bertz CT molecular complexity index is 1020. The van der Waals surface area contributed by atoms with Crippen molar-refractivity contribution < 1.29 is 18.4 Å². The van der Waals surface area contributed by atoms with Crippen LogP contribution in [-0.2, 0) is 11.3 Å².